The van der Waals surface area contributed by atoms with E-state index in [1.165, 1.54) is 6.92 Å². The summed E-state index contributed by atoms with van der Waals surface area (Å²) >= 11 is 6.02. The van der Waals surface area contributed by atoms with Gasteiger partial charge in [-0.2, -0.15) is 0 Å². The van der Waals surface area contributed by atoms with Gasteiger partial charge in [-0.3, -0.25) is 10.5 Å². The molecule has 2 atom stereocenters. The van der Waals surface area contributed by atoms with Gasteiger partial charge in [0.05, 0.1) is 16.2 Å². The van der Waals surface area contributed by atoms with Gasteiger partial charge in [-0.15, -0.1) is 0 Å². The number of nitrogens with two attached hydrogens (primary N) is 1. The number of unbranched alkanes of at least 4 members (excludes halogenated alkanes) is 2. The number of hydrogen-bond donors (Lipinski definition) is 4. The number of amides is 1. The number of carbonyl (C=O) groups excluding carboxylic acids is 1. The molecule has 8 heteroatoms. The average Bonchev–Trinajstić information content (AvgIpc) is 2.52. The molecule has 0 fully saturated rings. The lowest BCUT2D eigenvalue weighted by Crippen LogP contribution is -2.55. The fourth-order valence-electron chi connectivity index (χ4n) is 2.79. The molecule has 138 valence electrons. The first-order valence-electron chi connectivity index (χ1n) is 8.61. The molecule has 1 unspecified atom stereocenters. The Kier molecular flexibility index (Phi) is 6.61. The smallest absolute Gasteiger partial charge is 0.216 e. The molecule has 0 spiro atoms. The molecule has 1 aliphatic heterocycles. The Morgan fingerprint density at radius 3 is 2.92 bits per heavy atom. The second-order valence-corrected chi connectivity index (χ2v) is 7.11. The van der Waals surface area contributed by atoms with E-state index in [1.54, 1.807) is 12.3 Å². The summed E-state index contributed by atoms with van der Waals surface area (Å²) in [6, 6.07) is 1.78. The van der Waals surface area contributed by atoms with Gasteiger partial charge in [-0.05, 0) is 19.4 Å². The molecule has 0 aliphatic carbocycles. The number of nitrogens with zero attached hydrogens (tertiary/aromatic N) is 2. The van der Waals surface area contributed by atoms with Crippen LogP contribution in [0.4, 0.5) is 5.69 Å². The van der Waals surface area contributed by atoms with Crippen LogP contribution in [0.5, 0.6) is 0 Å². The van der Waals surface area contributed by atoms with Crippen molar-refractivity contribution in [2.75, 3.05) is 11.9 Å². The Bertz CT molecular complexity index is 650. The van der Waals surface area contributed by atoms with E-state index < -0.39 is 6.29 Å². The van der Waals surface area contributed by atoms with Crippen molar-refractivity contribution in [3.8, 4) is 0 Å². The van der Waals surface area contributed by atoms with Crippen LogP contribution in [0.15, 0.2) is 17.3 Å². The lowest BCUT2D eigenvalue weighted by molar-refractivity contribution is -0.119. The summed E-state index contributed by atoms with van der Waals surface area (Å²) < 4.78 is 0. The van der Waals surface area contributed by atoms with E-state index in [0.717, 1.165) is 31.4 Å². The zero-order valence-electron chi connectivity index (χ0n) is 15.0. The van der Waals surface area contributed by atoms with Crippen LogP contribution < -0.4 is 21.7 Å². The van der Waals surface area contributed by atoms with Crippen LogP contribution in [0, 0.1) is 0 Å². The van der Waals surface area contributed by atoms with Crippen molar-refractivity contribution in [1.82, 2.24) is 15.6 Å². The van der Waals surface area contributed by atoms with Crippen LogP contribution in [0.1, 0.15) is 52.1 Å². The van der Waals surface area contributed by atoms with Gasteiger partial charge in [0.15, 0.2) is 12.1 Å². The summed E-state index contributed by atoms with van der Waals surface area (Å²) in [6.07, 6.45) is 5.22. The highest BCUT2D eigenvalue weighted by Crippen LogP contribution is 2.24. The molecule has 0 saturated heterocycles. The molecule has 0 aromatic carbocycles. The van der Waals surface area contributed by atoms with E-state index in [4.69, 9.17) is 17.3 Å². The highest BCUT2D eigenvalue weighted by atomic mass is 35.5. The van der Waals surface area contributed by atoms with Gasteiger partial charge >= 0.3 is 0 Å². The summed E-state index contributed by atoms with van der Waals surface area (Å²) in [7, 11) is 0. The van der Waals surface area contributed by atoms with Gasteiger partial charge in [0.1, 0.15) is 5.69 Å². The summed E-state index contributed by atoms with van der Waals surface area (Å²) in [5, 5.41) is 9.95. The second-order valence-electron chi connectivity index (χ2n) is 6.67. The first-order valence-corrected chi connectivity index (χ1v) is 8.99. The Morgan fingerprint density at radius 1 is 1.48 bits per heavy atom. The highest BCUT2D eigenvalue weighted by Gasteiger charge is 2.29. The maximum Gasteiger partial charge on any atom is 0.216 e. The topological polar surface area (TPSA) is 104 Å². The highest BCUT2D eigenvalue weighted by molar-refractivity contribution is 6.31. The van der Waals surface area contributed by atoms with Crippen LogP contribution >= 0.6 is 11.6 Å². The Balaban J connectivity index is 2.22. The average molecular weight is 367 g/mol. The number of aliphatic imine (C=N–C) groups is 1. The summed E-state index contributed by atoms with van der Waals surface area (Å²) in [4.78, 5) is 20.2. The summed E-state index contributed by atoms with van der Waals surface area (Å²) in [5.74, 6) is 0.556. The summed E-state index contributed by atoms with van der Waals surface area (Å²) in [5.41, 5.74) is 7.04. The minimum atomic E-state index is -0.573. The van der Waals surface area contributed by atoms with Crippen molar-refractivity contribution in [1.29, 1.82) is 0 Å². The number of pyridine rings is 1. The number of anilines is 1. The molecule has 0 saturated carbocycles. The largest absolute Gasteiger partial charge is 0.361 e. The molecule has 1 amide bonds. The predicted molar refractivity (Wildman–Crippen MR) is 102 cm³/mol. The first-order chi connectivity index (χ1) is 11.8. The fourth-order valence-corrected chi connectivity index (χ4v) is 2.94. The minimum absolute atomic E-state index is 0.0576. The molecule has 0 bridgehead atoms. The van der Waals surface area contributed by atoms with Crippen LogP contribution in [-0.4, -0.2) is 35.1 Å². The zero-order valence-corrected chi connectivity index (χ0v) is 15.8. The SMILES string of the molecule is CCCCC[C@](C)(CNC(C)=O)NC1=NC(N)Nc2cc(Cl)cnc21. The molecule has 25 heavy (non-hydrogen) atoms. The zero-order chi connectivity index (χ0) is 18.4. The molecule has 0 radical (unpaired) electrons. The molecular weight excluding hydrogens is 340 g/mol. The van der Waals surface area contributed by atoms with E-state index in [1.807, 2.05) is 0 Å². The number of fused-ring (bicyclic) bond motifs is 1. The van der Waals surface area contributed by atoms with Gasteiger partial charge < -0.3 is 16.0 Å². The van der Waals surface area contributed by atoms with Crippen LogP contribution in [0.3, 0.4) is 0 Å². The number of halogens is 1. The van der Waals surface area contributed by atoms with Crippen molar-refractivity contribution >= 4 is 29.0 Å². The maximum atomic E-state index is 11.4. The Hall–Kier alpha value is -1.86. The number of aromatic nitrogens is 1. The van der Waals surface area contributed by atoms with Gasteiger partial charge in [0.25, 0.3) is 0 Å². The standard InChI is InChI=1S/C17H27ClN6O/c1-4-5-6-7-17(3,10-21-11(2)25)24-15-14-13(22-16(19)23-15)8-12(18)9-20-14/h8-9,16,22H,4-7,10,19H2,1-3H3,(H,21,25)(H,23,24)/t16?,17-/m1/s1. The molecule has 2 heterocycles. The van der Waals surface area contributed by atoms with Gasteiger partial charge in [0.2, 0.25) is 5.91 Å². The van der Waals surface area contributed by atoms with E-state index in [2.05, 4.69) is 39.8 Å². The second kappa shape index (κ2) is 8.49. The molecule has 7 nitrogen and oxygen atoms in total. The third kappa shape index (κ3) is 5.57. The van der Waals surface area contributed by atoms with E-state index in [0.29, 0.717) is 23.1 Å². The number of nitrogens with one attached hydrogen (secondary N) is 3. The molecule has 5 N–H and O–H groups in total. The summed E-state index contributed by atoms with van der Waals surface area (Å²) in [6.45, 7) is 6.25. The van der Waals surface area contributed by atoms with E-state index >= 15 is 0 Å². The van der Waals surface area contributed by atoms with Gasteiger partial charge in [-0.25, -0.2) is 9.98 Å². The minimum Gasteiger partial charge on any atom is -0.361 e. The monoisotopic (exact) mass is 366 g/mol. The third-order valence-corrected chi connectivity index (χ3v) is 4.34. The van der Waals surface area contributed by atoms with Crippen molar-refractivity contribution < 1.29 is 4.79 Å². The molecular formula is C17H27ClN6O. The number of hydrogen-bond acceptors (Lipinski definition) is 6. The number of carbonyl (C=O) groups is 1. The predicted octanol–water partition coefficient (Wildman–Crippen LogP) is 2.21. The quantitative estimate of drug-likeness (QED) is 0.554. The van der Waals surface area contributed by atoms with Crippen LogP contribution in [-0.2, 0) is 4.79 Å². The first kappa shape index (κ1) is 19.5. The number of amidine groups is 1. The molecule has 1 aliphatic rings. The van der Waals surface area contributed by atoms with Crippen molar-refractivity contribution in [3.63, 3.8) is 0 Å². The van der Waals surface area contributed by atoms with Crippen LogP contribution in [0.2, 0.25) is 5.02 Å². The van der Waals surface area contributed by atoms with Crippen LogP contribution in [0.25, 0.3) is 0 Å². The Labute approximate surface area is 153 Å². The van der Waals surface area contributed by atoms with Gasteiger partial charge in [0, 0.05) is 19.7 Å². The lowest BCUT2D eigenvalue weighted by atomic mass is 9.93. The fraction of sp³-hybridized carbons (Fsp3) is 0.588. The molecule has 1 aromatic rings. The maximum absolute atomic E-state index is 11.4. The molecule has 1 aromatic heterocycles. The van der Waals surface area contributed by atoms with Crippen molar-refractivity contribution in [2.45, 2.75) is 58.3 Å². The van der Waals surface area contributed by atoms with E-state index in [9.17, 15) is 4.79 Å². The Morgan fingerprint density at radius 2 is 2.24 bits per heavy atom. The normalized spacial score (nSPS) is 18.4. The van der Waals surface area contributed by atoms with E-state index in [-0.39, 0.29) is 11.4 Å². The number of rotatable bonds is 7. The van der Waals surface area contributed by atoms with Crippen molar-refractivity contribution in [3.05, 3.63) is 23.0 Å². The third-order valence-electron chi connectivity index (χ3n) is 4.13. The molecule has 2 rings (SSSR count). The lowest BCUT2D eigenvalue weighted by Gasteiger charge is -2.34. The van der Waals surface area contributed by atoms with Gasteiger partial charge in [-0.1, -0.05) is 37.8 Å². The van der Waals surface area contributed by atoms with Crippen molar-refractivity contribution in [2.24, 2.45) is 10.7 Å².